The van der Waals surface area contributed by atoms with E-state index in [1.54, 1.807) is 36.4 Å². The Labute approximate surface area is 111 Å². The number of phenols is 1. The van der Waals surface area contributed by atoms with Crippen molar-refractivity contribution in [3.05, 3.63) is 64.7 Å². The molecule has 2 aromatic carbocycles. The van der Waals surface area contributed by atoms with E-state index >= 15 is 0 Å². The van der Waals surface area contributed by atoms with Gasteiger partial charge in [-0.05, 0) is 35.4 Å². The van der Waals surface area contributed by atoms with Gasteiger partial charge in [0.1, 0.15) is 11.5 Å². The molecule has 0 bridgehead atoms. The lowest BCUT2D eigenvalue weighted by molar-refractivity contribution is -0.117. The summed E-state index contributed by atoms with van der Waals surface area (Å²) in [6.07, 6.45) is 0.779. The van der Waals surface area contributed by atoms with E-state index in [0.29, 0.717) is 17.9 Å². The number of aromatic hydroxyl groups is 1. The lowest BCUT2D eigenvalue weighted by Gasteiger charge is -2.02. The summed E-state index contributed by atoms with van der Waals surface area (Å²) in [5, 5.41) is 9.83. The van der Waals surface area contributed by atoms with Gasteiger partial charge in [-0.1, -0.05) is 35.9 Å². The summed E-state index contributed by atoms with van der Waals surface area (Å²) in [4.78, 5) is 11.9. The van der Waals surface area contributed by atoms with Crippen LogP contribution in [0.4, 0.5) is 0 Å². The monoisotopic (exact) mass is 260 g/mol. The van der Waals surface area contributed by atoms with Gasteiger partial charge in [0.2, 0.25) is 0 Å². The van der Waals surface area contributed by atoms with Crippen LogP contribution in [0.1, 0.15) is 11.1 Å². The fourth-order valence-electron chi connectivity index (χ4n) is 1.73. The van der Waals surface area contributed by atoms with Crippen LogP contribution in [-0.2, 0) is 17.6 Å². The van der Waals surface area contributed by atoms with E-state index in [2.05, 4.69) is 0 Å². The number of carbonyl (C=O) groups excluding carboxylic acids is 1. The predicted molar refractivity (Wildman–Crippen MR) is 72.0 cm³/mol. The third kappa shape index (κ3) is 3.60. The van der Waals surface area contributed by atoms with Crippen molar-refractivity contribution in [3.8, 4) is 5.75 Å². The second-order valence-electron chi connectivity index (χ2n) is 4.19. The van der Waals surface area contributed by atoms with Gasteiger partial charge < -0.3 is 5.11 Å². The molecule has 0 amide bonds. The van der Waals surface area contributed by atoms with Gasteiger partial charge >= 0.3 is 0 Å². The molecular formula is C15H13ClO2. The second-order valence-corrected chi connectivity index (χ2v) is 4.62. The van der Waals surface area contributed by atoms with Gasteiger partial charge in [0, 0.05) is 17.9 Å². The normalized spacial score (nSPS) is 10.3. The summed E-state index contributed by atoms with van der Waals surface area (Å²) < 4.78 is 0. The number of hydrogen-bond acceptors (Lipinski definition) is 2. The van der Waals surface area contributed by atoms with E-state index in [-0.39, 0.29) is 11.5 Å². The van der Waals surface area contributed by atoms with Gasteiger partial charge in [-0.3, -0.25) is 4.79 Å². The van der Waals surface area contributed by atoms with E-state index in [1.807, 2.05) is 12.1 Å². The van der Waals surface area contributed by atoms with Gasteiger partial charge in [-0.25, -0.2) is 0 Å². The highest BCUT2D eigenvalue weighted by molar-refractivity contribution is 6.30. The van der Waals surface area contributed by atoms with Crippen LogP contribution in [0.3, 0.4) is 0 Å². The van der Waals surface area contributed by atoms with Crippen LogP contribution in [0.2, 0.25) is 5.02 Å². The van der Waals surface area contributed by atoms with E-state index in [4.69, 9.17) is 16.7 Å². The zero-order valence-electron chi connectivity index (χ0n) is 9.77. The van der Waals surface area contributed by atoms with Crippen molar-refractivity contribution >= 4 is 17.4 Å². The molecule has 2 nitrogen and oxygen atoms in total. The molecule has 3 heteroatoms. The minimum Gasteiger partial charge on any atom is -0.508 e. The average molecular weight is 261 g/mol. The number of ketones is 1. The number of hydrogen-bond donors (Lipinski definition) is 1. The number of carbonyl (C=O) groups is 1. The zero-order valence-corrected chi connectivity index (χ0v) is 10.5. The number of halogens is 1. The van der Waals surface area contributed by atoms with Crippen LogP contribution in [-0.4, -0.2) is 10.9 Å². The second kappa shape index (κ2) is 5.69. The molecule has 92 valence electrons. The molecule has 0 saturated carbocycles. The zero-order chi connectivity index (χ0) is 13.0. The first kappa shape index (κ1) is 12.7. The van der Waals surface area contributed by atoms with E-state index in [1.165, 1.54) is 0 Å². The highest BCUT2D eigenvalue weighted by atomic mass is 35.5. The summed E-state index contributed by atoms with van der Waals surface area (Å²) >= 11 is 5.78. The Hall–Kier alpha value is -1.80. The summed E-state index contributed by atoms with van der Waals surface area (Å²) in [5.41, 5.74) is 1.87. The van der Waals surface area contributed by atoms with Gasteiger partial charge in [-0.15, -0.1) is 0 Å². The summed E-state index contributed by atoms with van der Waals surface area (Å²) in [7, 11) is 0. The molecular weight excluding hydrogens is 248 g/mol. The Balaban J connectivity index is 1.96. The smallest absolute Gasteiger partial charge is 0.141 e. The number of rotatable bonds is 4. The van der Waals surface area contributed by atoms with Gasteiger partial charge in [0.15, 0.2) is 0 Å². The molecule has 0 saturated heterocycles. The maximum absolute atomic E-state index is 11.9. The Morgan fingerprint density at radius 3 is 1.83 bits per heavy atom. The van der Waals surface area contributed by atoms with Crippen molar-refractivity contribution in [2.75, 3.05) is 0 Å². The lowest BCUT2D eigenvalue weighted by Crippen LogP contribution is -2.06. The van der Waals surface area contributed by atoms with Crippen molar-refractivity contribution < 1.29 is 9.90 Å². The van der Waals surface area contributed by atoms with Crippen LogP contribution in [0.15, 0.2) is 48.5 Å². The first-order chi connectivity index (χ1) is 8.63. The maximum atomic E-state index is 11.9. The molecule has 0 aliphatic heterocycles. The minimum absolute atomic E-state index is 0.142. The fraction of sp³-hybridized carbons (Fsp3) is 0.133. The van der Waals surface area contributed by atoms with Gasteiger partial charge in [-0.2, -0.15) is 0 Å². The van der Waals surface area contributed by atoms with Crippen LogP contribution >= 0.6 is 11.6 Å². The molecule has 0 atom stereocenters. The van der Waals surface area contributed by atoms with Crippen molar-refractivity contribution in [1.29, 1.82) is 0 Å². The van der Waals surface area contributed by atoms with Gasteiger partial charge in [0.05, 0.1) is 0 Å². The van der Waals surface area contributed by atoms with E-state index in [0.717, 1.165) is 11.1 Å². The third-order valence-electron chi connectivity index (χ3n) is 2.65. The largest absolute Gasteiger partial charge is 0.508 e. The van der Waals surface area contributed by atoms with Crippen LogP contribution < -0.4 is 0 Å². The van der Waals surface area contributed by atoms with Crippen molar-refractivity contribution in [2.24, 2.45) is 0 Å². The topological polar surface area (TPSA) is 37.3 Å². The molecule has 0 heterocycles. The van der Waals surface area contributed by atoms with Crippen LogP contribution in [0.25, 0.3) is 0 Å². The Morgan fingerprint density at radius 1 is 0.889 bits per heavy atom. The molecule has 0 aliphatic carbocycles. The van der Waals surface area contributed by atoms with Crippen molar-refractivity contribution in [2.45, 2.75) is 12.8 Å². The number of phenolic OH excluding ortho intramolecular Hbond substituents is 1. The summed E-state index contributed by atoms with van der Waals surface area (Å²) in [6.45, 7) is 0. The molecule has 0 radical (unpaired) electrons. The number of Topliss-reactive ketones (excluding diaryl/α,β-unsaturated/α-hetero) is 1. The maximum Gasteiger partial charge on any atom is 0.141 e. The molecule has 2 rings (SSSR count). The molecule has 1 N–H and O–H groups in total. The molecule has 0 aromatic heterocycles. The SMILES string of the molecule is O=C(Cc1ccc(O)cc1)Cc1ccc(Cl)cc1. The van der Waals surface area contributed by atoms with E-state index in [9.17, 15) is 4.79 Å². The molecule has 2 aromatic rings. The molecule has 18 heavy (non-hydrogen) atoms. The first-order valence-corrected chi connectivity index (χ1v) is 6.05. The Bertz CT molecular complexity index is 480. The molecule has 0 fully saturated rings. The minimum atomic E-state index is 0.142. The lowest BCUT2D eigenvalue weighted by atomic mass is 10.0. The summed E-state index contributed by atoms with van der Waals surface area (Å²) in [6, 6.07) is 14.0. The fourth-order valence-corrected chi connectivity index (χ4v) is 1.86. The first-order valence-electron chi connectivity index (χ1n) is 5.67. The molecule has 0 aliphatic rings. The highest BCUT2D eigenvalue weighted by Gasteiger charge is 2.05. The van der Waals surface area contributed by atoms with Gasteiger partial charge in [0.25, 0.3) is 0 Å². The quantitative estimate of drug-likeness (QED) is 0.915. The average Bonchev–Trinajstić information content (AvgIpc) is 2.35. The van der Waals surface area contributed by atoms with Crippen LogP contribution in [0, 0.1) is 0 Å². The number of benzene rings is 2. The summed E-state index contributed by atoms with van der Waals surface area (Å²) in [5.74, 6) is 0.354. The Kier molecular flexibility index (Phi) is 4.00. The molecule has 0 spiro atoms. The van der Waals surface area contributed by atoms with Crippen molar-refractivity contribution in [3.63, 3.8) is 0 Å². The predicted octanol–water partition coefficient (Wildman–Crippen LogP) is 3.40. The Morgan fingerprint density at radius 2 is 1.33 bits per heavy atom. The molecule has 0 unspecified atom stereocenters. The van der Waals surface area contributed by atoms with Crippen LogP contribution in [0.5, 0.6) is 5.75 Å². The third-order valence-corrected chi connectivity index (χ3v) is 2.90. The van der Waals surface area contributed by atoms with Crippen molar-refractivity contribution in [1.82, 2.24) is 0 Å². The van der Waals surface area contributed by atoms with E-state index < -0.39 is 0 Å². The highest BCUT2D eigenvalue weighted by Crippen LogP contribution is 2.13. The standard InChI is InChI=1S/C15H13ClO2/c16-13-5-1-11(2-6-13)9-15(18)10-12-3-7-14(17)8-4-12/h1-8,17H,9-10H2.